The molecule has 0 aliphatic heterocycles. The summed E-state index contributed by atoms with van der Waals surface area (Å²) in [4.78, 5) is 0. The molecule has 1 rings (SSSR count). The molecule has 0 atom stereocenters. The molecule has 2 N–H and O–H groups in total. The maximum Gasteiger partial charge on any atom is 0.235 e. The van der Waals surface area contributed by atoms with E-state index >= 15 is 0 Å². The van der Waals surface area contributed by atoms with Crippen molar-refractivity contribution >= 4 is 15.7 Å². The minimum Gasteiger partial charge on any atom is -0.508 e. The Bertz CT molecular complexity index is 492. The SMILES string of the molecule is Cc1cc(NS(=O)(=O)C(C)C)c(C)cc1O. The van der Waals surface area contributed by atoms with Crippen LogP contribution in [0.15, 0.2) is 12.1 Å². The van der Waals surface area contributed by atoms with Gasteiger partial charge in [0.2, 0.25) is 10.0 Å². The molecule has 0 unspecified atom stereocenters. The van der Waals surface area contributed by atoms with Crippen LogP contribution in [0.2, 0.25) is 0 Å². The van der Waals surface area contributed by atoms with Crippen LogP contribution in [-0.2, 0) is 10.0 Å². The lowest BCUT2D eigenvalue weighted by Gasteiger charge is -2.14. The van der Waals surface area contributed by atoms with Gasteiger partial charge in [0.1, 0.15) is 5.75 Å². The van der Waals surface area contributed by atoms with Crippen molar-refractivity contribution in [3.05, 3.63) is 23.3 Å². The van der Waals surface area contributed by atoms with Gasteiger partial charge in [0.05, 0.1) is 10.9 Å². The molecule has 1 aromatic carbocycles. The number of anilines is 1. The topological polar surface area (TPSA) is 66.4 Å². The molecule has 0 fully saturated rings. The number of nitrogens with one attached hydrogen (secondary N) is 1. The van der Waals surface area contributed by atoms with Crippen molar-refractivity contribution in [2.45, 2.75) is 32.9 Å². The summed E-state index contributed by atoms with van der Waals surface area (Å²) in [5.74, 6) is 0.171. The quantitative estimate of drug-likeness (QED) is 0.799. The molecule has 0 heterocycles. The van der Waals surface area contributed by atoms with Gasteiger partial charge >= 0.3 is 0 Å². The Morgan fingerprint density at radius 1 is 1.19 bits per heavy atom. The van der Waals surface area contributed by atoms with Crippen molar-refractivity contribution in [2.24, 2.45) is 0 Å². The van der Waals surface area contributed by atoms with E-state index in [0.29, 0.717) is 16.8 Å². The van der Waals surface area contributed by atoms with Crippen molar-refractivity contribution in [2.75, 3.05) is 4.72 Å². The Kier molecular flexibility index (Phi) is 3.48. The van der Waals surface area contributed by atoms with E-state index in [0.717, 1.165) is 0 Å². The summed E-state index contributed by atoms with van der Waals surface area (Å²) in [6.45, 7) is 6.70. The lowest BCUT2D eigenvalue weighted by Crippen LogP contribution is -2.22. The van der Waals surface area contributed by atoms with Crippen LogP contribution in [0.5, 0.6) is 5.75 Å². The standard InChI is InChI=1S/C11H17NO3S/c1-7(2)16(14,15)12-10-5-9(4)11(13)6-8(10)3/h5-7,12-13H,1-4H3. The maximum atomic E-state index is 11.7. The smallest absolute Gasteiger partial charge is 0.235 e. The van der Waals surface area contributed by atoms with E-state index in [9.17, 15) is 13.5 Å². The number of hydrogen-bond acceptors (Lipinski definition) is 3. The van der Waals surface area contributed by atoms with E-state index in [1.807, 2.05) is 0 Å². The predicted octanol–water partition coefficient (Wildman–Crippen LogP) is 2.16. The first kappa shape index (κ1) is 12.8. The molecule has 1 aromatic rings. The zero-order chi connectivity index (χ0) is 12.5. The van der Waals surface area contributed by atoms with Crippen molar-refractivity contribution in [1.82, 2.24) is 0 Å². The molecule has 0 saturated heterocycles. The van der Waals surface area contributed by atoms with Crippen molar-refractivity contribution in [1.29, 1.82) is 0 Å². The number of aromatic hydroxyl groups is 1. The van der Waals surface area contributed by atoms with Gasteiger partial charge in [-0.3, -0.25) is 4.72 Å². The van der Waals surface area contributed by atoms with Gasteiger partial charge in [0, 0.05) is 0 Å². The van der Waals surface area contributed by atoms with Crippen LogP contribution in [0.4, 0.5) is 5.69 Å². The minimum atomic E-state index is -3.33. The van der Waals surface area contributed by atoms with Crippen molar-refractivity contribution in [3.63, 3.8) is 0 Å². The Labute approximate surface area is 96.4 Å². The highest BCUT2D eigenvalue weighted by Gasteiger charge is 2.17. The molecule has 0 radical (unpaired) electrons. The highest BCUT2D eigenvalue weighted by atomic mass is 32.2. The Morgan fingerprint density at radius 2 is 1.75 bits per heavy atom. The first-order valence-electron chi connectivity index (χ1n) is 5.06. The monoisotopic (exact) mass is 243 g/mol. The van der Waals surface area contributed by atoms with Crippen LogP contribution in [0.25, 0.3) is 0 Å². The zero-order valence-electron chi connectivity index (χ0n) is 9.90. The van der Waals surface area contributed by atoms with Crippen LogP contribution >= 0.6 is 0 Å². The molecular weight excluding hydrogens is 226 g/mol. The van der Waals surface area contributed by atoms with E-state index in [4.69, 9.17) is 0 Å². The van der Waals surface area contributed by atoms with Crippen molar-refractivity contribution < 1.29 is 13.5 Å². The third-order valence-electron chi connectivity index (χ3n) is 2.42. The fraction of sp³-hybridized carbons (Fsp3) is 0.455. The molecule has 0 spiro atoms. The average molecular weight is 243 g/mol. The summed E-state index contributed by atoms with van der Waals surface area (Å²) in [6, 6.07) is 3.18. The molecule has 0 aromatic heterocycles. The van der Waals surface area contributed by atoms with Crippen LogP contribution in [0.3, 0.4) is 0 Å². The first-order valence-corrected chi connectivity index (χ1v) is 6.60. The van der Waals surface area contributed by atoms with E-state index in [-0.39, 0.29) is 5.75 Å². The molecule has 4 nitrogen and oxygen atoms in total. The average Bonchev–Trinajstić information content (AvgIpc) is 2.13. The third-order valence-corrected chi connectivity index (χ3v) is 4.16. The molecule has 0 aliphatic carbocycles. The van der Waals surface area contributed by atoms with Crippen LogP contribution in [0, 0.1) is 13.8 Å². The van der Waals surface area contributed by atoms with Crippen molar-refractivity contribution in [3.8, 4) is 5.75 Å². The normalized spacial score (nSPS) is 11.8. The van der Waals surface area contributed by atoms with Gasteiger partial charge in [-0.05, 0) is 51.0 Å². The van der Waals surface area contributed by atoms with Gasteiger partial charge in [0.25, 0.3) is 0 Å². The van der Waals surface area contributed by atoms with E-state index in [1.165, 1.54) is 0 Å². The summed E-state index contributed by atoms with van der Waals surface area (Å²) in [6.07, 6.45) is 0. The van der Waals surface area contributed by atoms with Gasteiger partial charge in [-0.25, -0.2) is 8.42 Å². The van der Waals surface area contributed by atoms with Gasteiger partial charge in [-0.2, -0.15) is 0 Å². The summed E-state index contributed by atoms with van der Waals surface area (Å²) in [5, 5.41) is 8.97. The van der Waals surface area contributed by atoms with E-state index < -0.39 is 15.3 Å². The number of rotatable bonds is 3. The molecule has 90 valence electrons. The third kappa shape index (κ3) is 2.66. The lowest BCUT2D eigenvalue weighted by atomic mass is 10.1. The molecule has 0 aliphatic rings. The lowest BCUT2D eigenvalue weighted by molar-refractivity contribution is 0.471. The second kappa shape index (κ2) is 4.33. The largest absolute Gasteiger partial charge is 0.508 e. The molecule has 16 heavy (non-hydrogen) atoms. The maximum absolute atomic E-state index is 11.7. The second-order valence-corrected chi connectivity index (χ2v) is 6.39. The molecule has 0 amide bonds. The van der Waals surface area contributed by atoms with Gasteiger partial charge in [0.15, 0.2) is 0 Å². The molecular formula is C11H17NO3S. The Morgan fingerprint density at radius 3 is 2.25 bits per heavy atom. The Balaban J connectivity index is 3.13. The molecule has 0 saturated carbocycles. The van der Waals surface area contributed by atoms with Gasteiger partial charge in [-0.15, -0.1) is 0 Å². The summed E-state index contributed by atoms with van der Waals surface area (Å²) < 4.78 is 25.9. The predicted molar refractivity (Wildman–Crippen MR) is 65.3 cm³/mol. The number of benzene rings is 1. The number of sulfonamides is 1. The zero-order valence-corrected chi connectivity index (χ0v) is 10.7. The first-order chi connectivity index (χ1) is 7.24. The molecule has 0 bridgehead atoms. The molecule has 5 heteroatoms. The van der Waals surface area contributed by atoms with E-state index in [2.05, 4.69) is 4.72 Å². The highest BCUT2D eigenvalue weighted by Crippen LogP contribution is 2.26. The van der Waals surface area contributed by atoms with Gasteiger partial charge < -0.3 is 5.11 Å². The second-order valence-electron chi connectivity index (χ2n) is 4.15. The van der Waals surface area contributed by atoms with Gasteiger partial charge in [-0.1, -0.05) is 0 Å². The van der Waals surface area contributed by atoms with Crippen LogP contribution in [-0.4, -0.2) is 18.8 Å². The summed E-state index contributed by atoms with van der Waals surface area (Å²) in [5.41, 5.74) is 1.86. The number of phenolic OH excluding ortho intramolecular Hbond substituents is 1. The highest BCUT2D eigenvalue weighted by molar-refractivity contribution is 7.93. The number of hydrogen-bond donors (Lipinski definition) is 2. The van der Waals surface area contributed by atoms with E-state index in [1.54, 1.807) is 39.8 Å². The fourth-order valence-corrected chi connectivity index (χ4v) is 1.94. The number of aryl methyl sites for hydroxylation is 2. The minimum absolute atomic E-state index is 0.171. The number of phenols is 1. The Hall–Kier alpha value is -1.23. The summed E-state index contributed by atoms with van der Waals surface area (Å²) >= 11 is 0. The fourth-order valence-electron chi connectivity index (χ4n) is 1.18. The van der Waals surface area contributed by atoms with Crippen LogP contribution < -0.4 is 4.72 Å². The van der Waals surface area contributed by atoms with Crippen LogP contribution in [0.1, 0.15) is 25.0 Å². The summed E-state index contributed by atoms with van der Waals surface area (Å²) in [7, 11) is -3.33.